The number of carbonyl (C=O) groups excluding carboxylic acids is 1. The van der Waals surface area contributed by atoms with Crippen LogP contribution in [0.3, 0.4) is 0 Å². The van der Waals surface area contributed by atoms with Gasteiger partial charge < -0.3 is 0 Å². The van der Waals surface area contributed by atoms with Crippen molar-refractivity contribution in [2.75, 3.05) is 0 Å². The highest BCUT2D eigenvalue weighted by atomic mass is 16.1. The summed E-state index contributed by atoms with van der Waals surface area (Å²) >= 11 is 0. The lowest BCUT2D eigenvalue weighted by Crippen LogP contribution is -2.53. The molecule has 0 spiro atoms. The Labute approximate surface area is 224 Å². The molecule has 0 N–H and O–H groups in total. The average Bonchev–Trinajstić information content (AvgIpc) is 3.28. The Kier molecular flexibility index (Phi) is 6.54. The number of carbonyl (C=O) groups is 1. The predicted octanol–water partition coefficient (Wildman–Crippen LogP) is 9.29. The van der Waals surface area contributed by atoms with Crippen molar-refractivity contribution in [1.82, 2.24) is 0 Å². The van der Waals surface area contributed by atoms with Crippen molar-refractivity contribution in [3.05, 3.63) is 89.5 Å². The van der Waals surface area contributed by atoms with E-state index in [1.807, 2.05) is 0 Å². The highest BCUT2D eigenvalue weighted by Gasteiger charge is 2.60. The van der Waals surface area contributed by atoms with Crippen molar-refractivity contribution in [3.8, 4) is 0 Å². The molecule has 0 aromatic heterocycles. The van der Waals surface area contributed by atoms with Gasteiger partial charge in [-0.1, -0.05) is 92.2 Å². The largest absolute Gasteiger partial charge is 0.299 e. The van der Waals surface area contributed by atoms with Gasteiger partial charge in [-0.3, -0.25) is 4.79 Å². The van der Waals surface area contributed by atoms with Crippen molar-refractivity contribution in [1.29, 1.82) is 0 Å². The Balaban J connectivity index is 1.24. The molecule has 0 amide bonds. The summed E-state index contributed by atoms with van der Waals surface area (Å²) in [5.41, 5.74) is 5.75. The minimum absolute atomic E-state index is 0.158. The first-order valence-corrected chi connectivity index (χ1v) is 15.0. The van der Waals surface area contributed by atoms with Crippen LogP contribution in [0.25, 0.3) is 5.57 Å². The maximum atomic E-state index is 13.3. The molecule has 0 aliphatic heterocycles. The van der Waals surface area contributed by atoms with E-state index in [0.29, 0.717) is 23.0 Å². The van der Waals surface area contributed by atoms with Crippen LogP contribution >= 0.6 is 0 Å². The SMILES string of the molecule is C[C@@H](CC=C(c1ccccc1)c1ccccc1)[C@@H]1CC[C@@H]2[C@H]3CCC4=CCCC(=O)[C@]4(C)[C@@H]3CC[C@@]21C. The molecule has 4 aliphatic rings. The van der Waals surface area contributed by atoms with E-state index in [1.165, 1.54) is 54.4 Å². The number of benzene rings is 2. The summed E-state index contributed by atoms with van der Waals surface area (Å²) in [6.45, 7) is 7.48. The van der Waals surface area contributed by atoms with Crippen molar-refractivity contribution in [3.63, 3.8) is 0 Å². The lowest BCUT2D eigenvalue weighted by Gasteiger charge is -2.58. The number of hydrogen-bond acceptors (Lipinski definition) is 1. The first kappa shape index (κ1) is 24.9. The Morgan fingerprint density at radius 1 is 0.892 bits per heavy atom. The molecule has 7 atom stereocenters. The predicted molar refractivity (Wildman–Crippen MR) is 154 cm³/mol. The molecular weight excluding hydrogens is 448 g/mol. The highest BCUT2D eigenvalue weighted by Crippen LogP contribution is 2.67. The maximum Gasteiger partial charge on any atom is 0.143 e. The van der Waals surface area contributed by atoms with E-state index in [0.717, 1.165) is 43.4 Å². The van der Waals surface area contributed by atoms with E-state index in [-0.39, 0.29) is 5.41 Å². The number of Topliss-reactive ketones (excluding diaryl/α,β-unsaturated/α-hetero) is 1. The number of ketones is 1. The van der Waals surface area contributed by atoms with Crippen molar-refractivity contribution in [2.45, 2.75) is 78.6 Å². The Morgan fingerprint density at radius 2 is 1.57 bits per heavy atom. The number of fused-ring (bicyclic) bond motifs is 5. The molecule has 1 heteroatoms. The standard InChI is InChI=1S/C36H44O/c1-25(17-19-29(26-11-6-4-7-12-26)27-13-8-5-9-14-27)31-21-22-32-30-20-18-28-15-10-16-34(37)36(28,3)33(30)23-24-35(31,32)2/h4-9,11-15,19,25,30-33H,10,16-18,20-24H2,1-3H3/t25-,30+,31-,32+,33+,35+,36-/m0/s1. The number of allylic oxidation sites excluding steroid dienone is 3. The summed E-state index contributed by atoms with van der Waals surface area (Å²) in [7, 11) is 0. The second kappa shape index (κ2) is 9.72. The van der Waals surface area contributed by atoms with Crippen LogP contribution in [0, 0.1) is 40.4 Å². The van der Waals surface area contributed by atoms with E-state index < -0.39 is 0 Å². The summed E-state index contributed by atoms with van der Waals surface area (Å²) in [6, 6.07) is 21.8. The van der Waals surface area contributed by atoms with E-state index in [2.05, 4.69) is 93.6 Å². The second-order valence-corrected chi connectivity index (χ2v) is 13.1. The first-order chi connectivity index (χ1) is 17.9. The Hall–Kier alpha value is -2.41. The Morgan fingerprint density at radius 3 is 2.24 bits per heavy atom. The van der Waals surface area contributed by atoms with Gasteiger partial charge in [0, 0.05) is 6.42 Å². The third-order valence-electron chi connectivity index (χ3n) is 11.6. The number of rotatable bonds is 5. The number of hydrogen-bond donors (Lipinski definition) is 0. The van der Waals surface area contributed by atoms with Gasteiger partial charge in [-0.2, -0.15) is 0 Å². The van der Waals surface area contributed by atoms with E-state index in [1.54, 1.807) is 0 Å². The summed E-state index contributed by atoms with van der Waals surface area (Å²) in [4.78, 5) is 13.3. The molecule has 1 nitrogen and oxygen atoms in total. The summed E-state index contributed by atoms with van der Waals surface area (Å²) < 4.78 is 0. The van der Waals surface area contributed by atoms with Crippen LogP contribution in [0.5, 0.6) is 0 Å². The Bertz CT molecular complexity index is 1150. The molecule has 0 heterocycles. The second-order valence-electron chi connectivity index (χ2n) is 13.1. The molecule has 3 fully saturated rings. The van der Waals surface area contributed by atoms with Gasteiger partial charge in [0.1, 0.15) is 5.78 Å². The first-order valence-electron chi connectivity index (χ1n) is 15.0. The third-order valence-corrected chi connectivity index (χ3v) is 11.6. The van der Waals surface area contributed by atoms with E-state index >= 15 is 0 Å². The van der Waals surface area contributed by atoms with Gasteiger partial charge in [-0.25, -0.2) is 0 Å². The molecule has 2 aromatic carbocycles. The topological polar surface area (TPSA) is 17.1 Å². The van der Waals surface area contributed by atoms with Crippen molar-refractivity contribution < 1.29 is 4.79 Å². The fourth-order valence-corrected chi connectivity index (χ4v) is 9.65. The van der Waals surface area contributed by atoms with Gasteiger partial charge in [0.15, 0.2) is 0 Å². The third kappa shape index (κ3) is 4.08. The molecule has 4 aliphatic carbocycles. The highest BCUT2D eigenvalue weighted by molar-refractivity contribution is 5.89. The summed E-state index contributed by atoms with van der Waals surface area (Å²) in [5, 5.41) is 0. The smallest absolute Gasteiger partial charge is 0.143 e. The lowest BCUT2D eigenvalue weighted by molar-refractivity contribution is -0.137. The molecule has 194 valence electrons. The van der Waals surface area contributed by atoms with Crippen LogP contribution in [0.1, 0.15) is 89.7 Å². The molecule has 0 unspecified atom stereocenters. The van der Waals surface area contributed by atoms with E-state index in [4.69, 9.17) is 0 Å². The molecule has 0 saturated heterocycles. The van der Waals surface area contributed by atoms with Gasteiger partial charge in [0.25, 0.3) is 0 Å². The van der Waals surface area contributed by atoms with Crippen LogP contribution in [0.15, 0.2) is 78.4 Å². The molecule has 0 bridgehead atoms. The maximum absolute atomic E-state index is 13.3. The fourth-order valence-electron chi connectivity index (χ4n) is 9.65. The summed E-state index contributed by atoms with van der Waals surface area (Å²) in [5.74, 6) is 4.09. The molecular formula is C36H44O. The van der Waals surface area contributed by atoms with Crippen LogP contribution in [-0.4, -0.2) is 5.78 Å². The zero-order valence-electron chi connectivity index (χ0n) is 23.1. The van der Waals surface area contributed by atoms with Crippen molar-refractivity contribution >= 4 is 11.4 Å². The van der Waals surface area contributed by atoms with Gasteiger partial charge in [0.2, 0.25) is 0 Å². The van der Waals surface area contributed by atoms with Crippen LogP contribution in [-0.2, 0) is 4.79 Å². The van der Waals surface area contributed by atoms with Gasteiger partial charge in [0.05, 0.1) is 5.41 Å². The molecule has 6 rings (SSSR count). The molecule has 37 heavy (non-hydrogen) atoms. The monoisotopic (exact) mass is 492 g/mol. The van der Waals surface area contributed by atoms with Crippen molar-refractivity contribution in [2.24, 2.45) is 40.4 Å². The average molecular weight is 493 g/mol. The van der Waals surface area contributed by atoms with Gasteiger partial charge in [-0.05, 0) is 110 Å². The minimum atomic E-state index is -0.158. The lowest BCUT2D eigenvalue weighted by atomic mass is 9.46. The van der Waals surface area contributed by atoms with Crippen LogP contribution in [0.4, 0.5) is 0 Å². The van der Waals surface area contributed by atoms with Gasteiger partial charge >= 0.3 is 0 Å². The zero-order chi connectivity index (χ0) is 25.6. The van der Waals surface area contributed by atoms with Crippen LogP contribution in [0.2, 0.25) is 0 Å². The quantitative estimate of drug-likeness (QED) is 0.380. The normalized spacial score (nSPS) is 35.5. The molecule has 3 saturated carbocycles. The zero-order valence-corrected chi connectivity index (χ0v) is 23.1. The summed E-state index contributed by atoms with van der Waals surface area (Å²) in [6.07, 6.45) is 15.6. The van der Waals surface area contributed by atoms with Gasteiger partial charge in [-0.15, -0.1) is 0 Å². The van der Waals surface area contributed by atoms with Crippen LogP contribution < -0.4 is 0 Å². The minimum Gasteiger partial charge on any atom is -0.299 e. The van der Waals surface area contributed by atoms with E-state index in [9.17, 15) is 4.79 Å². The fraction of sp³-hybridized carbons (Fsp3) is 0.528. The molecule has 2 aromatic rings. The molecule has 0 radical (unpaired) electrons.